The number of anilines is 1. The van der Waals surface area contributed by atoms with Crippen LogP contribution in [0.4, 0.5) is 5.69 Å². The van der Waals surface area contributed by atoms with Crippen molar-refractivity contribution in [1.29, 1.82) is 0 Å². The SMILES string of the molecule is CC(CC(=O)c1cccc(N)c1)C(=O)[O-]. The Balaban J connectivity index is 2.73. The van der Waals surface area contributed by atoms with E-state index in [1.807, 2.05) is 0 Å². The zero-order chi connectivity index (χ0) is 11.4. The largest absolute Gasteiger partial charge is 0.550 e. The number of hydrogen-bond acceptors (Lipinski definition) is 4. The number of carbonyl (C=O) groups is 2. The fraction of sp³-hybridized carbons (Fsp3) is 0.273. The molecule has 4 heteroatoms. The van der Waals surface area contributed by atoms with Crippen molar-refractivity contribution in [2.75, 3.05) is 5.73 Å². The minimum absolute atomic E-state index is 0.0637. The van der Waals surface area contributed by atoms with Gasteiger partial charge in [-0.15, -0.1) is 0 Å². The third-order valence-corrected chi connectivity index (χ3v) is 2.10. The van der Waals surface area contributed by atoms with Gasteiger partial charge in [0, 0.05) is 29.6 Å². The van der Waals surface area contributed by atoms with Crippen molar-refractivity contribution in [2.45, 2.75) is 13.3 Å². The highest BCUT2D eigenvalue weighted by atomic mass is 16.4. The van der Waals surface area contributed by atoms with Gasteiger partial charge in [-0.2, -0.15) is 0 Å². The van der Waals surface area contributed by atoms with E-state index >= 15 is 0 Å². The van der Waals surface area contributed by atoms with Crippen molar-refractivity contribution in [1.82, 2.24) is 0 Å². The van der Waals surface area contributed by atoms with E-state index in [2.05, 4.69) is 0 Å². The third-order valence-electron chi connectivity index (χ3n) is 2.10. The zero-order valence-electron chi connectivity index (χ0n) is 8.40. The number of benzene rings is 1. The fourth-order valence-corrected chi connectivity index (χ4v) is 1.19. The first-order chi connectivity index (χ1) is 7.00. The molecule has 0 aromatic heterocycles. The quantitative estimate of drug-likeness (QED) is 0.564. The van der Waals surface area contributed by atoms with Crippen LogP contribution in [0, 0.1) is 5.92 Å². The lowest BCUT2D eigenvalue weighted by molar-refractivity contribution is -0.310. The molecule has 1 rings (SSSR count). The second-order valence-corrected chi connectivity index (χ2v) is 3.47. The molecular weight excluding hydrogens is 194 g/mol. The van der Waals surface area contributed by atoms with Crippen LogP contribution in [-0.4, -0.2) is 11.8 Å². The maximum Gasteiger partial charge on any atom is 0.163 e. The Hall–Kier alpha value is -1.84. The topological polar surface area (TPSA) is 83.2 Å². The van der Waals surface area contributed by atoms with Crippen molar-refractivity contribution < 1.29 is 14.7 Å². The smallest absolute Gasteiger partial charge is 0.163 e. The molecule has 0 aliphatic heterocycles. The number of ketones is 1. The van der Waals surface area contributed by atoms with Gasteiger partial charge in [0.2, 0.25) is 0 Å². The van der Waals surface area contributed by atoms with E-state index in [-0.39, 0.29) is 12.2 Å². The molecule has 0 aliphatic carbocycles. The Morgan fingerprint density at radius 1 is 1.47 bits per heavy atom. The summed E-state index contributed by atoms with van der Waals surface area (Å²) >= 11 is 0. The van der Waals surface area contributed by atoms with Gasteiger partial charge in [0.15, 0.2) is 5.78 Å². The van der Waals surface area contributed by atoms with Crippen molar-refractivity contribution in [3.63, 3.8) is 0 Å². The van der Waals surface area contributed by atoms with Crippen LogP contribution in [0.2, 0.25) is 0 Å². The number of Topliss-reactive ketones (excluding diaryl/α,β-unsaturated/α-hetero) is 1. The molecule has 0 heterocycles. The van der Waals surface area contributed by atoms with E-state index in [9.17, 15) is 14.7 Å². The number of rotatable bonds is 4. The molecule has 2 N–H and O–H groups in total. The van der Waals surface area contributed by atoms with Gasteiger partial charge < -0.3 is 15.6 Å². The maximum absolute atomic E-state index is 11.6. The average molecular weight is 206 g/mol. The normalized spacial score (nSPS) is 12.1. The van der Waals surface area contributed by atoms with Crippen molar-refractivity contribution in [3.8, 4) is 0 Å². The predicted octanol–water partition coefficient (Wildman–Crippen LogP) is 0.228. The monoisotopic (exact) mass is 206 g/mol. The maximum atomic E-state index is 11.6. The van der Waals surface area contributed by atoms with Gasteiger partial charge in [0.05, 0.1) is 0 Å². The van der Waals surface area contributed by atoms with Crippen molar-refractivity contribution in [3.05, 3.63) is 29.8 Å². The summed E-state index contributed by atoms with van der Waals surface area (Å²) in [5.74, 6) is -2.23. The Morgan fingerprint density at radius 2 is 2.13 bits per heavy atom. The van der Waals surface area contributed by atoms with Crippen molar-refractivity contribution >= 4 is 17.4 Å². The number of hydrogen-bond donors (Lipinski definition) is 1. The Kier molecular flexibility index (Phi) is 3.44. The molecule has 1 aromatic rings. The Labute approximate surface area is 87.7 Å². The zero-order valence-corrected chi connectivity index (χ0v) is 8.40. The van der Waals surface area contributed by atoms with E-state index in [4.69, 9.17) is 5.73 Å². The lowest BCUT2D eigenvalue weighted by atomic mass is 10.00. The second-order valence-electron chi connectivity index (χ2n) is 3.47. The van der Waals surface area contributed by atoms with Crippen molar-refractivity contribution in [2.24, 2.45) is 5.92 Å². The molecule has 80 valence electrons. The molecular formula is C11H12NO3-. The van der Waals surface area contributed by atoms with Gasteiger partial charge in [0.25, 0.3) is 0 Å². The summed E-state index contributed by atoms with van der Waals surface area (Å²) in [6.45, 7) is 1.44. The number of aliphatic carboxylic acids is 1. The minimum Gasteiger partial charge on any atom is -0.550 e. The molecule has 0 radical (unpaired) electrons. The molecule has 0 bridgehead atoms. The van der Waals surface area contributed by atoms with E-state index in [0.717, 1.165) is 0 Å². The molecule has 1 aromatic carbocycles. The van der Waals surface area contributed by atoms with Crippen LogP contribution in [0.25, 0.3) is 0 Å². The number of carboxylic acids is 1. The van der Waals surface area contributed by atoms with Crippen LogP contribution in [0.1, 0.15) is 23.7 Å². The van der Waals surface area contributed by atoms with Gasteiger partial charge in [-0.3, -0.25) is 4.79 Å². The van der Waals surface area contributed by atoms with Crippen LogP contribution < -0.4 is 10.8 Å². The second kappa shape index (κ2) is 4.59. The molecule has 0 saturated heterocycles. The molecule has 0 amide bonds. The fourth-order valence-electron chi connectivity index (χ4n) is 1.19. The summed E-state index contributed by atoms with van der Waals surface area (Å²) in [7, 11) is 0. The van der Waals surface area contributed by atoms with Crippen LogP contribution in [0.5, 0.6) is 0 Å². The third kappa shape index (κ3) is 3.09. The number of nitrogen functional groups attached to an aromatic ring is 1. The summed E-state index contributed by atoms with van der Waals surface area (Å²) in [5.41, 5.74) is 6.43. The molecule has 0 aliphatic rings. The van der Waals surface area contributed by atoms with Gasteiger partial charge in [0.1, 0.15) is 0 Å². The summed E-state index contributed by atoms with van der Waals surface area (Å²) in [6, 6.07) is 6.47. The Bertz CT molecular complexity index is 387. The van der Waals surface area contributed by atoms with Gasteiger partial charge in [-0.05, 0) is 12.1 Å². The van der Waals surface area contributed by atoms with E-state index in [1.54, 1.807) is 18.2 Å². The first kappa shape index (κ1) is 11.2. The standard InChI is InChI=1S/C11H13NO3/c1-7(11(14)15)5-10(13)8-3-2-4-9(12)6-8/h2-4,6-7H,5,12H2,1H3,(H,14,15)/p-1. The summed E-state index contributed by atoms with van der Waals surface area (Å²) < 4.78 is 0. The highest BCUT2D eigenvalue weighted by Gasteiger charge is 2.11. The number of nitrogens with two attached hydrogens (primary N) is 1. The van der Waals surface area contributed by atoms with Crippen LogP contribution in [-0.2, 0) is 4.79 Å². The van der Waals surface area contributed by atoms with Crippen LogP contribution in [0.3, 0.4) is 0 Å². The lowest BCUT2D eigenvalue weighted by Crippen LogP contribution is -2.30. The molecule has 0 spiro atoms. The number of carbonyl (C=O) groups excluding carboxylic acids is 2. The Morgan fingerprint density at radius 3 is 2.67 bits per heavy atom. The molecule has 0 saturated carbocycles. The molecule has 4 nitrogen and oxygen atoms in total. The molecule has 15 heavy (non-hydrogen) atoms. The summed E-state index contributed by atoms with van der Waals surface area (Å²) in [5, 5.41) is 10.4. The first-order valence-electron chi connectivity index (χ1n) is 4.60. The first-order valence-corrected chi connectivity index (χ1v) is 4.60. The van der Waals surface area contributed by atoms with Gasteiger partial charge in [-0.25, -0.2) is 0 Å². The van der Waals surface area contributed by atoms with Crippen LogP contribution in [0.15, 0.2) is 24.3 Å². The van der Waals surface area contributed by atoms with E-state index < -0.39 is 11.9 Å². The molecule has 1 atom stereocenters. The minimum atomic E-state index is -1.22. The lowest BCUT2D eigenvalue weighted by Gasteiger charge is -2.11. The number of carboxylic acid groups (broad SMARTS) is 1. The van der Waals surface area contributed by atoms with Gasteiger partial charge >= 0.3 is 0 Å². The van der Waals surface area contributed by atoms with E-state index in [0.29, 0.717) is 11.3 Å². The van der Waals surface area contributed by atoms with Crippen LogP contribution >= 0.6 is 0 Å². The summed E-state index contributed by atoms with van der Waals surface area (Å²) in [6.07, 6.45) is -0.0637. The highest BCUT2D eigenvalue weighted by Crippen LogP contribution is 2.12. The summed E-state index contributed by atoms with van der Waals surface area (Å²) in [4.78, 5) is 22.0. The van der Waals surface area contributed by atoms with Gasteiger partial charge in [-0.1, -0.05) is 19.1 Å². The average Bonchev–Trinajstić information content (AvgIpc) is 2.17. The highest BCUT2D eigenvalue weighted by molar-refractivity contribution is 5.98. The molecule has 1 unspecified atom stereocenters. The molecule has 0 fully saturated rings. The predicted molar refractivity (Wildman–Crippen MR) is 54.0 cm³/mol. The van der Waals surface area contributed by atoms with E-state index in [1.165, 1.54) is 13.0 Å².